The number of hydrogen-bond donors (Lipinski definition) is 3. The zero-order valence-electron chi connectivity index (χ0n) is 42.1. The summed E-state index contributed by atoms with van der Waals surface area (Å²) in [5.41, 5.74) is 5.56. The van der Waals surface area contributed by atoms with E-state index in [9.17, 15) is 35.3 Å². The molecule has 4 atom stereocenters. The molecule has 4 aliphatic heterocycles. The van der Waals surface area contributed by atoms with E-state index in [1.807, 2.05) is 25.0 Å². The fourth-order valence-electron chi connectivity index (χ4n) is 8.47. The van der Waals surface area contributed by atoms with Crippen molar-refractivity contribution in [2.45, 2.75) is 112 Å². The Morgan fingerprint density at radius 2 is 1.04 bits per heavy atom. The topological polar surface area (TPSA) is 192 Å². The van der Waals surface area contributed by atoms with E-state index in [0.717, 1.165) is 73.3 Å². The van der Waals surface area contributed by atoms with E-state index >= 15 is 0 Å². The fourth-order valence-corrected chi connectivity index (χ4v) is 11.7. The largest absolute Gasteiger partial charge is 0.197 e. The summed E-state index contributed by atoms with van der Waals surface area (Å²) >= 11 is 9.54. The molecule has 4 aromatic carbocycles. The predicted octanol–water partition coefficient (Wildman–Crippen LogP) is 6.21. The van der Waals surface area contributed by atoms with E-state index < -0.39 is 42.9 Å². The minimum atomic E-state index is -3.65. The Kier molecular flexibility index (Phi) is 37.4. The second-order valence-electron chi connectivity index (χ2n) is 17.4. The van der Waals surface area contributed by atoms with Crippen LogP contribution in [-0.2, 0) is 69.9 Å². The van der Waals surface area contributed by atoms with Gasteiger partial charge >= 0.3 is 64.6 Å². The summed E-state index contributed by atoms with van der Waals surface area (Å²) in [4.78, 5) is 7.53. The van der Waals surface area contributed by atoms with Crippen molar-refractivity contribution in [2.24, 2.45) is 0 Å². The second kappa shape index (κ2) is 36.5. The average molecular weight is 1820 g/mol. The number of rotatable bonds is 11. The van der Waals surface area contributed by atoms with Crippen molar-refractivity contribution < 1.29 is 62.2 Å². The normalized spacial score (nSPS) is 18.2. The second-order valence-corrected chi connectivity index (χ2v) is 39.1. The summed E-state index contributed by atoms with van der Waals surface area (Å²) in [6.45, 7) is 19.0. The number of hydrogen-bond acceptors (Lipinski definition) is 15. The first-order valence-corrected chi connectivity index (χ1v) is 46.0. The predicted molar refractivity (Wildman–Crippen MR) is 354 cm³/mol. The fraction of sp³-hybridized carbons (Fsp3) is 0.467. The van der Waals surface area contributed by atoms with Gasteiger partial charge in [0.15, 0.2) is 0 Å². The van der Waals surface area contributed by atoms with Crippen LogP contribution in [0.3, 0.4) is 0 Å². The molecule has 4 aromatic rings. The van der Waals surface area contributed by atoms with E-state index in [0.29, 0.717) is 67.1 Å². The summed E-state index contributed by atoms with van der Waals surface area (Å²) in [6.07, 6.45) is 0.281. The summed E-state index contributed by atoms with van der Waals surface area (Å²) in [7, 11) is -11.5. The van der Waals surface area contributed by atoms with E-state index in [-0.39, 0.29) is 87.3 Å². The maximum atomic E-state index is 13.1. The van der Waals surface area contributed by atoms with Crippen molar-refractivity contribution in [3.05, 3.63) is 118 Å². The number of nitrogens with one attached hydrogen (secondary N) is 1. The summed E-state index contributed by atoms with van der Waals surface area (Å²) in [5, 5.41) is 22.3. The number of benzene rings is 4. The van der Waals surface area contributed by atoms with Crippen molar-refractivity contribution in [2.75, 3.05) is 45.5 Å². The number of sulfone groups is 2. The van der Waals surface area contributed by atoms with E-state index in [1.54, 1.807) is 68.3 Å². The molecule has 3 N–H and O–H groups in total. The molecule has 29 heteroatoms. The van der Waals surface area contributed by atoms with E-state index in [2.05, 4.69) is 115 Å². The van der Waals surface area contributed by atoms with Gasteiger partial charge in [-0.3, -0.25) is 9.08 Å². The molecule has 4 heterocycles. The molecule has 74 heavy (non-hydrogen) atoms. The molecule has 0 radical (unpaired) electrons. The van der Waals surface area contributed by atoms with Gasteiger partial charge in [0.05, 0.1) is 58.4 Å². The van der Waals surface area contributed by atoms with Crippen LogP contribution in [0.15, 0.2) is 105 Å². The van der Waals surface area contributed by atoms with Crippen LogP contribution in [0.25, 0.3) is 0 Å². The molecule has 0 aromatic heterocycles. The molecule has 8 rings (SSSR count). The van der Waals surface area contributed by atoms with Gasteiger partial charge < -0.3 is 34.5 Å². The summed E-state index contributed by atoms with van der Waals surface area (Å²) < 4.78 is 89.7. The van der Waals surface area contributed by atoms with E-state index in [1.165, 1.54) is 12.1 Å². The Hall–Kier alpha value is 1.93. The Balaban J connectivity index is 0.00000109. The number of nitrogens with zero attached hydrogens (tertiary/aromatic N) is 3. The first kappa shape index (κ1) is 75.9. The van der Waals surface area contributed by atoms with Crippen LogP contribution < -0.4 is 18.6 Å². The number of piperazine rings is 2. The van der Waals surface area contributed by atoms with E-state index in [4.69, 9.17) is 13.7 Å². The molecule has 0 aliphatic carbocycles. The van der Waals surface area contributed by atoms with Crippen molar-refractivity contribution >= 4 is 183 Å². The SMILES string of the molecule is CB(O)N1CCN([C@@H](C)c2ccc(S(=O)(=O)c3ccc4c(c3)COC4)cc2)[C@@H](C)C1.CB(O)N1CCN[C@@H](C)C1.C[C@@H](OS(C)(=O)=O)c1ccc(S(=O)(=O)c2ccc3c(c2)COC3)cc1.I.II.I[I-]I.S.S.S. The Morgan fingerprint density at radius 3 is 1.42 bits per heavy atom. The third-order valence-corrected chi connectivity index (χ3v) is 16.5. The third-order valence-electron chi connectivity index (χ3n) is 12.3. The first-order valence-electron chi connectivity index (χ1n) is 22.4. The van der Waals surface area contributed by atoms with Gasteiger partial charge in [-0.25, -0.2) is 16.8 Å². The van der Waals surface area contributed by atoms with Gasteiger partial charge in [-0.05, 0) is 123 Å². The smallest absolute Gasteiger partial charge is 0.197 e. The van der Waals surface area contributed by atoms with Gasteiger partial charge in [-0.1, -0.05) is 36.4 Å². The van der Waals surface area contributed by atoms with Crippen LogP contribution in [0.4, 0.5) is 0 Å². The minimum Gasteiger partial charge on any atom is -0.197 e. The van der Waals surface area contributed by atoms with Gasteiger partial charge in [0, 0.05) is 94.6 Å². The van der Waals surface area contributed by atoms with Gasteiger partial charge in [0.1, 0.15) is 0 Å². The van der Waals surface area contributed by atoms with Crippen LogP contribution in [0.1, 0.15) is 73.2 Å². The third kappa shape index (κ3) is 22.6. The summed E-state index contributed by atoms with van der Waals surface area (Å²) in [6, 6.07) is 24.5. The maximum Gasteiger partial charge on any atom is -0.197 e. The van der Waals surface area contributed by atoms with Crippen LogP contribution in [-0.4, -0.2) is 122 Å². The molecule has 0 spiro atoms. The molecule has 0 saturated carbocycles. The van der Waals surface area contributed by atoms with Gasteiger partial charge in [0.25, 0.3) is 10.1 Å². The molecular weight excluding hydrogens is 1750 g/mol. The maximum absolute atomic E-state index is 13.1. The molecule has 15 nitrogen and oxygen atoms in total. The van der Waals surface area contributed by atoms with Crippen molar-refractivity contribution in [3.63, 3.8) is 0 Å². The van der Waals surface area contributed by atoms with Gasteiger partial charge in [0.2, 0.25) is 19.7 Å². The van der Waals surface area contributed by atoms with Crippen molar-refractivity contribution in [1.82, 2.24) is 19.8 Å². The molecule has 420 valence electrons. The van der Waals surface area contributed by atoms with Gasteiger partial charge in [-0.15, -0.1) is 24.0 Å². The molecule has 0 unspecified atom stereocenters. The molecule has 2 saturated heterocycles. The quantitative estimate of drug-likeness (QED) is 0.0873. The zero-order valence-corrected chi connectivity index (χ0v) is 60.6. The number of halogens is 6. The minimum absolute atomic E-state index is 0. The number of fused-ring (bicyclic) bond motifs is 2. The Labute approximate surface area is 532 Å². The molecule has 0 amide bonds. The molecule has 4 aliphatic rings. The first-order chi connectivity index (χ1) is 33.0. The van der Waals surface area contributed by atoms with Crippen molar-refractivity contribution in [1.29, 1.82) is 0 Å². The molecule has 2 fully saturated rings. The van der Waals surface area contributed by atoms with Crippen LogP contribution >= 0.6 is 139 Å². The van der Waals surface area contributed by atoms with Crippen LogP contribution in [0.5, 0.6) is 0 Å². The molecule has 0 bridgehead atoms. The Bertz CT molecular complexity index is 2650. The average Bonchev–Trinajstić information content (AvgIpc) is 4.02. The Morgan fingerprint density at radius 1 is 0.649 bits per heavy atom. The number of ether oxygens (including phenoxy) is 2. The summed E-state index contributed by atoms with van der Waals surface area (Å²) in [5.74, 6) is 0. The zero-order chi connectivity index (χ0) is 52.0. The van der Waals surface area contributed by atoms with Gasteiger partial charge in [-0.2, -0.15) is 48.9 Å². The monoisotopic (exact) mass is 1820 g/mol. The molecular formula is C45H69B2I6N4O11S6-. The van der Waals surface area contributed by atoms with Crippen molar-refractivity contribution in [3.8, 4) is 0 Å². The van der Waals surface area contributed by atoms with Crippen LogP contribution in [0.2, 0.25) is 13.6 Å². The standard InChI is InChI=1S/C22H29BN2O4S.C17H18O6S2.C6H15BN2O.I3.I2.HI.3H2S/c1-16-13-24(23(3)26)10-11-25(16)17(2)18-4-7-21(8-5-18)30(27,28)22-9-6-19-14-29-15-20(19)12-22;1-12(23-24(2,18)19)13-3-6-16(7-4-13)25(20,21)17-8-5-14-10-22-11-15(14)9-17;1-6-5-9(7(2)10)4-3-8-6;1-3-2;1-2;;;;/h4-9,12,16-17,26H,10-11,13-15H2,1-3H3;3-9,12H,10-11H2,1-2H3;6,8,10H,3-5H2,1-2H3;;;1H;3*1H2/q;;;-1;;;;;/t16-,17-;12-;6-;;;;;;/m010....../s1. The van der Waals surface area contributed by atoms with Crippen LogP contribution in [0, 0.1) is 0 Å².